The van der Waals surface area contributed by atoms with E-state index in [4.69, 9.17) is 4.74 Å². The molecule has 2 aliphatic rings. The van der Waals surface area contributed by atoms with Crippen molar-refractivity contribution in [1.29, 1.82) is 0 Å². The first-order valence-electron chi connectivity index (χ1n) is 11.2. The Hall–Kier alpha value is -1.73. The molecule has 162 valence electrons. The lowest BCUT2D eigenvalue weighted by atomic mass is 10.1. The minimum absolute atomic E-state index is 0.0172. The van der Waals surface area contributed by atoms with Crippen LogP contribution in [0, 0.1) is 13.8 Å². The molecule has 1 aromatic rings. The maximum atomic E-state index is 13.2. The molecule has 0 radical (unpaired) electrons. The summed E-state index contributed by atoms with van der Waals surface area (Å²) in [6.45, 7) is 9.27. The minimum Gasteiger partial charge on any atom is -0.381 e. The van der Waals surface area contributed by atoms with Crippen molar-refractivity contribution < 1.29 is 9.53 Å². The highest BCUT2D eigenvalue weighted by molar-refractivity contribution is 5.76. The van der Waals surface area contributed by atoms with E-state index in [1.165, 1.54) is 43.3 Å². The molecular weight excluding hydrogens is 368 g/mol. The van der Waals surface area contributed by atoms with E-state index in [9.17, 15) is 9.59 Å². The maximum Gasteiger partial charge on any atom is 0.348 e. The molecule has 0 atom stereocenters. The van der Waals surface area contributed by atoms with Crippen LogP contribution in [0.25, 0.3) is 0 Å². The summed E-state index contributed by atoms with van der Waals surface area (Å²) < 4.78 is 7.00. The Morgan fingerprint density at radius 3 is 2.52 bits per heavy atom. The van der Waals surface area contributed by atoms with E-state index in [2.05, 4.69) is 9.88 Å². The maximum absolute atomic E-state index is 13.2. The number of hydrogen-bond donors (Lipinski definition) is 0. The fourth-order valence-electron chi connectivity index (χ4n) is 4.53. The van der Waals surface area contributed by atoms with Crippen LogP contribution < -0.4 is 5.69 Å². The molecule has 0 spiro atoms. The average Bonchev–Trinajstić information content (AvgIpc) is 2.97. The van der Waals surface area contributed by atoms with Gasteiger partial charge in [0.25, 0.3) is 0 Å². The van der Waals surface area contributed by atoms with Gasteiger partial charge in [0.2, 0.25) is 5.91 Å². The first kappa shape index (κ1) is 22.0. The van der Waals surface area contributed by atoms with Gasteiger partial charge in [0, 0.05) is 37.2 Å². The summed E-state index contributed by atoms with van der Waals surface area (Å²) in [7, 11) is 0. The molecule has 2 saturated heterocycles. The van der Waals surface area contributed by atoms with Crippen molar-refractivity contribution in [3.05, 3.63) is 27.9 Å². The lowest BCUT2D eigenvalue weighted by Gasteiger charge is -2.35. The number of likely N-dealkylation sites (tertiary alicyclic amines) is 1. The Labute approximate surface area is 174 Å². The molecule has 0 aromatic carbocycles. The molecule has 29 heavy (non-hydrogen) atoms. The first-order chi connectivity index (χ1) is 14.0. The van der Waals surface area contributed by atoms with Crippen LogP contribution in [0.1, 0.15) is 56.3 Å². The van der Waals surface area contributed by atoms with E-state index in [1.54, 1.807) is 6.92 Å². The van der Waals surface area contributed by atoms with Crippen LogP contribution >= 0.6 is 0 Å². The molecule has 7 heteroatoms. The zero-order chi connectivity index (χ0) is 20.6. The number of ether oxygens (including phenoxy) is 1. The smallest absolute Gasteiger partial charge is 0.348 e. The number of rotatable bonds is 7. The van der Waals surface area contributed by atoms with Crippen LogP contribution in [0.3, 0.4) is 0 Å². The van der Waals surface area contributed by atoms with Gasteiger partial charge in [-0.3, -0.25) is 9.36 Å². The van der Waals surface area contributed by atoms with Crippen LogP contribution in [0.15, 0.2) is 10.9 Å². The van der Waals surface area contributed by atoms with Crippen molar-refractivity contribution in [3.63, 3.8) is 0 Å². The van der Waals surface area contributed by atoms with Gasteiger partial charge in [-0.1, -0.05) is 12.8 Å². The number of carbonyl (C=O) groups excluding carboxylic acids is 1. The second-order valence-electron chi connectivity index (χ2n) is 8.45. The second kappa shape index (κ2) is 10.9. The van der Waals surface area contributed by atoms with E-state index < -0.39 is 0 Å². The van der Waals surface area contributed by atoms with Gasteiger partial charge in [-0.15, -0.1) is 0 Å². The highest BCUT2D eigenvalue weighted by Crippen LogP contribution is 2.17. The fraction of sp³-hybridized carbons (Fsp3) is 0.773. The van der Waals surface area contributed by atoms with E-state index in [1.807, 2.05) is 17.9 Å². The lowest BCUT2D eigenvalue weighted by Crippen LogP contribution is -2.47. The molecule has 0 saturated carbocycles. The van der Waals surface area contributed by atoms with Crippen molar-refractivity contribution >= 4 is 5.91 Å². The topological polar surface area (TPSA) is 67.7 Å². The third-order valence-electron chi connectivity index (χ3n) is 6.16. The Bertz CT molecular complexity index is 719. The van der Waals surface area contributed by atoms with Crippen molar-refractivity contribution in [2.24, 2.45) is 0 Å². The van der Waals surface area contributed by atoms with E-state index in [0.29, 0.717) is 18.9 Å². The summed E-state index contributed by atoms with van der Waals surface area (Å²) >= 11 is 0. The zero-order valence-electron chi connectivity index (χ0n) is 18.1. The largest absolute Gasteiger partial charge is 0.381 e. The molecule has 7 nitrogen and oxygen atoms in total. The van der Waals surface area contributed by atoms with Gasteiger partial charge in [-0.2, -0.15) is 4.98 Å². The number of hydrogen-bond acceptors (Lipinski definition) is 5. The predicted molar refractivity (Wildman–Crippen MR) is 113 cm³/mol. The molecule has 3 heterocycles. The fourth-order valence-corrected chi connectivity index (χ4v) is 4.53. The molecule has 0 N–H and O–H groups in total. The van der Waals surface area contributed by atoms with Crippen LogP contribution in [0.2, 0.25) is 0 Å². The van der Waals surface area contributed by atoms with E-state index in [-0.39, 0.29) is 24.2 Å². The normalized spacial score (nSPS) is 19.1. The quantitative estimate of drug-likeness (QED) is 0.696. The molecular formula is C22H36N4O3. The Morgan fingerprint density at radius 2 is 1.86 bits per heavy atom. The van der Waals surface area contributed by atoms with Gasteiger partial charge in [-0.25, -0.2) is 4.79 Å². The summed E-state index contributed by atoms with van der Waals surface area (Å²) in [5, 5.41) is 0. The van der Waals surface area contributed by atoms with Crippen molar-refractivity contribution in [3.8, 4) is 0 Å². The van der Waals surface area contributed by atoms with Crippen molar-refractivity contribution in [2.75, 3.05) is 39.4 Å². The van der Waals surface area contributed by atoms with Crippen LogP contribution in [0.4, 0.5) is 0 Å². The van der Waals surface area contributed by atoms with Gasteiger partial charge in [-0.05, 0) is 71.7 Å². The number of aromatic nitrogens is 2. The third kappa shape index (κ3) is 6.37. The van der Waals surface area contributed by atoms with Crippen molar-refractivity contribution in [2.45, 2.75) is 71.4 Å². The lowest BCUT2D eigenvalue weighted by molar-refractivity contribution is -0.136. The highest BCUT2D eigenvalue weighted by Gasteiger charge is 2.26. The summed E-state index contributed by atoms with van der Waals surface area (Å²) in [6, 6.07) is 2.06. The molecule has 0 aliphatic carbocycles. The van der Waals surface area contributed by atoms with Gasteiger partial charge in [0.15, 0.2) is 0 Å². The molecule has 3 rings (SSSR count). The number of nitrogens with zero attached hydrogens (tertiary/aromatic N) is 4. The predicted octanol–water partition coefficient (Wildman–Crippen LogP) is 2.13. The SMILES string of the molecule is Cc1cc(C)n(CC(=O)N(CCCN2CCCCCC2)C2CCOCC2)c(=O)n1. The summed E-state index contributed by atoms with van der Waals surface area (Å²) in [5.74, 6) is 0.0172. The van der Waals surface area contributed by atoms with Gasteiger partial charge < -0.3 is 14.5 Å². The summed E-state index contributed by atoms with van der Waals surface area (Å²) in [6.07, 6.45) is 7.95. The highest BCUT2D eigenvalue weighted by atomic mass is 16.5. The van der Waals surface area contributed by atoms with Crippen LogP contribution in [-0.4, -0.2) is 70.7 Å². The molecule has 1 aromatic heterocycles. The third-order valence-corrected chi connectivity index (χ3v) is 6.16. The molecule has 2 fully saturated rings. The van der Waals surface area contributed by atoms with Gasteiger partial charge in [0.05, 0.1) is 0 Å². The molecule has 0 unspecified atom stereocenters. The van der Waals surface area contributed by atoms with Gasteiger partial charge in [0.1, 0.15) is 6.54 Å². The number of aryl methyl sites for hydroxylation is 2. The molecule has 2 aliphatic heterocycles. The molecule has 0 bridgehead atoms. The average molecular weight is 405 g/mol. The standard InChI is InChI=1S/C22H36N4O3/c1-18-16-19(2)26(22(28)23-18)17-21(27)25(20-8-14-29-15-9-20)13-7-12-24-10-5-3-4-6-11-24/h16,20H,3-15,17H2,1-2H3. The monoisotopic (exact) mass is 404 g/mol. The van der Waals surface area contributed by atoms with Crippen LogP contribution in [0.5, 0.6) is 0 Å². The zero-order valence-corrected chi connectivity index (χ0v) is 18.1. The number of carbonyl (C=O) groups is 1. The van der Waals surface area contributed by atoms with Crippen molar-refractivity contribution in [1.82, 2.24) is 19.4 Å². The minimum atomic E-state index is -0.340. The van der Waals surface area contributed by atoms with Crippen LogP contribution in [-0.2, 0) is 16.1 Å². The summed E-state index contributed by atoms with van der Waals surface area (Å²) in [4.78, 5) is 34.1. The van der Waals surface area contributed by atoms with Gasteiger partial charge >= 0.3 is 5.69 Å². The Morgan fingerprint density at radius 1 is 1.17 bits per heavy atom. The number of amides is 1. The first-order valence-corrected chi connectivity index (χ1v) is 11.2. The van der Waals surface area contributed by atoms with E-state index >= 15 is 0 Å². The summed E-state index contributed by atoms with van der Waals surface area (Å²) in [5.41, 5.74) is 1.13. The Kier molecular flexibility index (Phi) is 8.24. The molecule has 1 amide bonds. The van der Waals surface area contributed by atoms with E-state index in [0.717, 1.165) is 38.0 Å². The Balaban J connectivity index is 1.64. The second-order valence-corrected chi connectivity index (χ2v) is 8.45.